The van der Waals surface area contributed by atoms with Gasteiger partial charge in [-0.25, -0.2) is 0 Å². The van der Waals surface area contributed by atoms with E-state index in [1.807, 2.05) is 0 Å². The first-order chi connectivity index (χ1) is 6.66. The summed E-state index contributed by atoms with van der Waals surface area (Å²) in [5, 5.41) is 11.1. The lowest BCUT2D eigenvalue weighted by Gasteiger charge is -2.02. The molecule has 0 aromatic heterocycles. The van der Waals surface area contributed by atoms with Crippen LogP contribution in [0.3, 0.4) is 0 Å². The zero-order chi connectivity index (χ0) is 10.8. The molecule has 5 heteroatoms. The number of carbonyl (C=O) groups is 2. The highest BCUT2D eigenvalue weighted by atomic mass is 16.3. The molecule has 0 aliphatic rings. The Morgan fingerprint density at radius 2 is 1.79 bits per heavy atom. The molecule has 2 amide bonds. The number of primary amides is 1. The molecule has 0 atom stereocenters. The van der Waals surface area contributed by atoms with Crippen LogP contribution < -0.4 is 11.1 Å². The first kappa shape index (κ1) is 12.9. The Balaban J connectivity index is 3.22. The van der Waals surface area contributed by atoms with Crippen LogP contribution in [-0.2, 0) is 9.59 Å². The summed E-state index contributed by atoms with van der Waals surface area (Å²) in [7, 11) is 0. The zero-order valence-corrected chi connectivity index (χ0v) is 8.29. The van der Waals surface area contributed by atoms with Crippen molar-refractivity contribution < 1.29 is 14.7 Å². The fraction of sp³-hybridized carbons (Fsp3) is 0.778. The molecule has 0 aliphatic heterocycles. The van der Waals surface area contributed by atoms with Gasteiger partial charge >= 0.3 is 0 Å². The first-order valence-electron chi connectivity index (χ1n) is 4.82. The minimum absolute atomic E-state index is 0.0390. The van der Waals surface area contributed by atoms with Crippen molar-refractivity contribution in [3.05, 3.63) is 0 Å². The van der Waals surface area contributed by atoms with Crippen LogP contribution in [0.1, 0.15) is 32.1 Å². The van der Waals surface area contributed by atoms with Gasteiger partial charge in [-0.2, -0.15) is 0 Å². The number of amides is 2. The van der Waals surface area contributed by atoms with Crippen molar-refractivity contribution in [1.82, 2.24) is 5.32 Å². The molecule has 0 fully saturated rings. The minimum atomic E-state index is -0.328. The van der Waals surface area contributed by atoms with E-state index in [4.69, 9.17) is 10.8 Å². The van der Waals surface area contributed by atoms with E-state index < -0.39 is 0 Å². The Morgan fingerprint density at radius 1 is 1.14 bits per heavy atom. The van der Waals surface area contributed by atoms with E-state index in [0.29, 0.717) is 38.6 Å². The fourth-order valence-corrected chi connectivity index (χ4v) is 0.980. The number of carbonyl (C=O) groups excluding carboxylic acids is 2. The van der Waals surface area contributed by atoms with Crippen molar-refractivity contribution in [2.75, 3.05) is 13.2 Å². The van der Waals surface area contributed by atoms with Gasteiger partial charge in [-0.05, 0) is 19.3 Å². The van der Waals surface area contributed by atoms with Gasteiger partial charge in [0.25, 0.3) is 0 Å². The van der Waals surface area contributed by atoms with Crippen LogP contribution >= 0.6 is 0 Å². The standard InChI is InChI=1S/C9H18N2O3/c10-8(13)4-1-2-5-9(14)11-6-3-7-12/h12H,1-7H2,(H2,10,13)(H,11,14). The highest BCUT2D eigenvalue weighted by Crippen LogP contribution is 1.98. The summed E-state index contributed by atoms with van der Waals surface area (Å²) in [5.74, 6) is -0.367. The van der Waals surface area contributed by atoms with Crippen LogP contribution in [0.2, 0.25) is 0 Å². The lowest BCUT2D eigenvalue weighted by molar-refractivity contribution is -0.122. The fourth-order valence-electron chi connectivity index (χ4n) is 0.980. The summed E-state index contributed by atoms with van der Waals surface area (Å²) < 4.78 is 0. The SMILES string of the molecule is NC(=O)CCCCC(=O)NCCCO. The van der Waals surface area contributed by atoms with E-state index >= 15 is 0 Å². The Bertz CT molecular complexity index is 183. The number of nitrogens with one attached hydrogen (secondary N) is 1. The number of hydrogen-bond acceptors (Lipinski definition) is 3. The summed E-state index contributed by atoms with van der Waals surface area (Å²) in [5.41, 5.74) is 4.94. The van der Waals surface area contributed by atoms with Gasteiger partial charge in [-0.1, -0.05) is 0 Å². The molecule has 0 aliphatic carbocycles. The number of aliphatic hydroxyl groups is 1. The normalized spacial score (nSPS) is 9.79. The lowest BCUT2D eigenvalue weighted by atomic mass is 10.2. The molecule has 5 nitrogen and oxygen atoms in total. The molecular weight excluding hydrogens is 184 g/mol. The van der Waals surface area contributed by atoms with E-state index in [1.165, 1.54) is 0 Å². The smallest absolute Gasteiger partial charge is 0.219 e. The van der Waals surface area contributed by atoms with E-state index in [9.17, 15) is 9.59 Å². The average Bonchev–Trinajstić information content (AvgIpc) is 2.13. The molecule has 0 bridgehead atoms. The molecule has 82 valence electrons. The van der Waals surface area contributed by atoms with E-state index in [0.717, 1.165) is 0 Å². The van der Waals surface area contributed by atoms with Crippen LogP contribution in [0.4, 0.5) is 0 Å². The Kier molecular flexibility index (Phi) is 7.83. The van der Waals surface area contributed by atoms with Crippen LogP contribution in [0.15, 0.2) is 0 Å². The largest absolute Gasteiger partial charge is 0.396 e. The molecule has 0 spiro atoms. The second-order valence-corrected chi connectivity index (χ2v) is 3.10. The monoisotopic (exact) mass is 202 g/mol. The number of aliphatic hydroxyl groups excluding tert-OH is 1. The minimum Gasteiger partial charge on any atom is -0.396 e. The first-order valence-corrected chi connectivity index (χ1v) is 4.82. The van der Waals surface area contributed by atoms with E-state index in [-0.39, 0.29) is 18.4 Å². The third-order valence-corrected chi connectivity index (χ3v) is 1.73. The molecule has 0 rings (SSSR count). The van der Waals surface area contributed by atoms with Gasteiger partial charge in [0.2, 0.25) is 11.8 Å². The maximum Gasteiger partial charge on any atom is 0.219 e. The highest BCUT2D eigenvalue weighted by molar-refractivity contribution is 5.76. The summed E-state index contributed by atoms with van der Waals surface area (Å²) in [4.78, 5) is 21.4. The van der Waals surface area contributed by atoms with Gasteiger partial charge in [0, 0.05) is 26.0 Å². The Morgan fingerprint density at radius 3 is 2.36 bits per heavy atom. The second-order valence-electron chi connectivity index (χ2n) is 3.10. The van der Waals surface area contributed by atoms with Crippen LogP contribution in [0.25, 0.3) is 0 Å². The molecule has 0 radical (unpaired) electrons. The van der Waals surface area contributed by atoms with Gasteiger partial charge in [0.15, 0.2) is 0 Å². The van der Waals surface area contributed by atoms with E-state index in [2.05, 4.69) is 5.32 Å². The topological polar surface area (TPSA) is 92.4 Å². The number of hydrogen-bond donors (Lipinski definition) is 3. The van der Waals surface area contributed by atoms with E-state index in [1.54, 1.807) is 0 Å². The molecular formula is C9H18N2O3. The lowest BCUT2D eigenvalue weighted by Crippen LogP contribution is -2.24. The van der Waals surface area contributed by atoms with Gasteiger partial charge in [0.1, 0.15) is 0 Å². The molecule has 0 heterocycles. The zero-order valence-electron chi connectivity index (χ0n) is 8.29. The summed E-state index contributed by atoms with van der Waals surface area (Å²) in [6, 6.07) is 0. The molecule has 4 N–H and O–H groups in total. The molecule has 0 saturated carbocycles. The number of rotatable bonds is 8. The van der Waals surface area contributed by atoms with Crippen LogP contribution in [0.5, 0.6) is 0 Å². The molecule has 0 unspecified atom stereocenters. The van der Waals surface area contributed by atoms with Crippen molar-refractivity contribution in [3.8, 4) is 0 Å². The maximum atomic E-state index is 11.1. The van der Waals surface area contributed by atoms with Crippen molar-refractivity contribution in [1.29, 1.82) is 0 Å². The third-order valence-electron chi connectivity index (χ3n) is 1.73. The maximum absolute atomic E-state index is 11.1. The van der Waals surface area contributed by atoms with Crippen molar-refractivity contribution >= 4 is 11.8 Å². The van der Waals surface area contributed by atoms with Gasteiger partial charge in [-0.15, -0.1) is 0 Å². The Hall–Kier alpha value is -1.10. The average molecular weight is 202 g/mol. The predicted molar refractivity (Wildman–Crippen MR) is 52.4 cm³/mol. The van der Waals surface area contributed by atoms with Gasteiger partial charge < -0.3 is 16.2 Å². The van der Waals surface area contributed by atoms with Gasteiger partial charge in [0.05, 0.1) is 0 Å². The summed E-state index contributed by atoms with van der Waals surface area (Å²) >= 11 is 0. The van der Waals surface area contributed by atoms with Crippen molar-refractivity contribution in [3.63, 3.8) is 0 Å². The predicted octanol–water partition coefficient (Wildman–Crippen LogP) is -0.469. The number of unbranched alkanes of at least 4 members (excludes halogenated alkanes) is 1. The van der Waals surface area contributed by atoms with Crippen molar-refractivity contribution in [2.45, 2.75) is 32.1 Å². The summed E-state index contributed by atoms with van der Waals surface area (Å²) in [6.07, 6.45) is 2.66. The second kappa shape index (κ2) is 8.50. The third kappa shape index (κ3) is 8.99. The summed E-state index contributed by atoms with van der Waals surface area (Å²) in [6.45, 7) is 0.590. The molecule has 14 heavy (non-hydrogen) atoms. The molecule has 0 saturated heterocycles. The van der Waals surface area contributed by atoms with Crippen LogP contribution in [-0.4, -0.2) is 30.1 Å². The highest BCUT2D eigenvalue weighted by Gasteiger charge is 2.00. The molecule has 0 aromatic rings. The van der Waals surface area contributed by atoms with Gasteiger partial charge in [-0.3, -0.25) is 9.59 Å². The van der Waals surface area contributed by atoms with Crippen molar-refractivity contribution in [2.24, 2.45) is 5.73 Å². The Labute approximate surface area is 83.7 Å². The molecule has 0 aromatic carbocycles. The number of nitrogens with two attached hydrogens (primary N) is 1. The van der Waals surface area contributed by atoms with Crippen LogP contribution in [0, 0.1) is 0 Å². The quantitative estimate of drug-likeness (QED) is 0.465.